The Morgan fingerprint density at radius 2 is 1.97 bits per heavy atom. The van der Waals surface area contributed by atoms with Gasteiger partial charge in [-0.1, -0.05) is 13.3 Å². The highest BCUT2D eigenvalue weighted by Crippen LogP contribution is 2.30. The molecule has 0 bridgehead atoms. The molecule has 32 heavy (non-hydrogen) atoms. The number of ether oxygens (including phenoxy) is 1. The molecule has 14 heteroatoms. The zero-order valence-corrected chi connectivity index (χ0v) is 18.2. The summed E-state index contributed by atoms with van der Waals surface area (Å²) >= 11 is 0. The quantitative estimate of drug-likeness (QED) is 0.343. The van der Waals surface area contributed by atoms with E-state index >= 15 is 0 Å². The Morgan fingerprint density at radius 1 is 1.25 bits per heavy atom. The van der Waals surface area contributed by atoms with Crippen molar-refractivity contribution in [3.05, 3.63) is 55.0 Å². The van der Waals surface area contributed by atoms with Crippen molar-refractivity contribution in [2.75, 3.05) is 0 Å². The second kappa shape index (κ2) is 8.92. The van der Waals surface area contributed by atoms with Gasteiger partial charge >= 0.3 is 11.4 Å². The van der Waals surface area contributed by atoms with Crippen LogP contribution in [0.1, 0.15) is 32.5 Å². The van der Waals surface area contributed by atoms with Crippen LogP contribution in [0.4, 0.5) is 5.69 Å². The van der Waals surface area contributed by atoms with E-state index in [4.69, 9.17) is 9.88 Å². The first kappa shape index (κ1) is 23.1. The van der Waals surface area contributed by atoms with Crippen LogP contribution < -0.4 is 21.1 Å². The predicted molar refractivity (Wildman–Crippen MR) is 114 cm³/mol. The average Bonchev–Trinajstić information content (AvgIpc) is 3.10. The van der Waals surface area contributed by atoms with Gasteiger partial charge in [-0.25, -0.2) is 23.3 Å². The SMILES string of the molecule is CCCCn1c(=O)[nH]c(=O)c2c1nc(COc1ccc(S(N)(=O)=O)cc1[N+](=O)[O-])n2CC. The molecule has 2 aromatic heterocycles. The summed E-state index contributed by atoms with van der Waals surface area (Å²) in [5, 5.41) is 16.4. The number of imidazole rings is 1. The van der Waals surface area contributed by atoms with E-state index in [0.717, 1.165) is 24.6 Å². The monoisotopic (exact) mass is 466 g/mol. The summed E-state index contributed by atoms with van der Waals surface area (Å²) in [6.45, 7) is 4.17. The van der Waals surface area contributed by atoms with Gasteiger partial charge < -0.3 is 9.30 Å². The molecular weight excluding hydrogens is 444 g/mol. The fraction of sp³-hybridized carbons (Fsp3) is 0.389. The number of aromatic amines is 1. The fourth-order valence-electron chi connectivity index (χ4n) is 3.27. The summed E-state index contributed by atoms with van der Waals surface area (Å²) < 4.78 is 31.5. The van der Waals surface area contributed by atoms with Gasteiger partial charge in [-0.3, -0.25) is 24.5 Å². The number of nitro benzene ring substituents is 1. The maximum absolute atomic E-state index is 12.4. The van der Waals surface area contributed by atoms with Crippen LogP contribution >= 0.6 is 0 Å². The van der Waals surface area contributed by atoms with Crippen LogP contribution in [-0.2, 0) is 29.7 Å². The molecule has 0 aliphatic carbocycles. The van der Waals surface area contributed by atoms with Crippen LogP contribution in [0.3, 0.4) is 0 Å². The molecule has 13 nitrogen and oxygen atoms in total. The maximum Gasteiger partial charge on any atom is 0.330 e. The Kier molecular flexibility index (Phi) is 6.45. The number of H-pyrrole nitrogens is 1. The van der Waals surface area contributed by atoms with Crippen molar-refractivity contribution in [2.24, 2.45) is 5.14 Å². The fourth-order valence-corrected chi connectivity index (χ4v) is 3.81. The number of nitro groups is 1. The number of nitrogens with one attached hydrogen (secondary N) is 1. The average molecular weight is 466 g/mol. The highest BCUT2D eigenvalue weighted by molar-refractivity contribution is 7.89. The van der Waals surface area contributed by atoms with Gasteiger partial charge in [-0.05, 0) is 25.5 Å². The van der Waals surface area contributed by atoms with Gasteiger partial charge in [-0.15, -0.1) is 0 Å². The van der Waals surface area contributed by atoms with Crippen molar-refractivity contribution in [3.63, 3.8) is 0 Å². The number of hydrogen-bond donors (Lipinski definition) is 2. The van der Waals surface area contributed by atoms with Gasteiger partial charge in [0.1, 0.15) is 12.4 Å². The largest absolute Gasteiger partial charge is 0.479 e. The van der Waals surface area contributed by atoms with E-state index in [0.29, 0.717) is 19.5 Å². The van der Waals surface area contributed by atoms with Gasteiger partial charge in [0.25, 0.3) is 5.56 Å². The zero-order chi connectivity index (χ0) is 23.6. The van der Waals surface area contributed by atoms with E-state index in [1.54, 1.807) is 11.5 Å². The third kappa shape index (κ3) is 4.40. The normalized spacial score (nSPS) is 11.7. The lowest BCUT2D eigenvalue weighted by molar-refractivity contribution is -0.386. The lowest BCUT2D eigenvalue weighted by atomic mass is 10.3. The number of sulfonamides is 1. The summed E-state index contributed by atoms with van der Waals surface area (Å²) in [5.41, 5.74) is -1.36. The summed E-state index contributed by atoms with van der Waals surface area (Å²) in [4.78, 5) is 41.6. The predicted octanol–water partition coefficient (Wildman–Crippen LogP) is 0.841. The number of nitrogens with two attached hydrogens (primary N) is 1. The van der Waals surface area contributed by atoms with Gasteiger partial charge in [0.2, 0.25) is 10.0 Å². The second-order valence-corrected chi connectivity index (χ2v) is 8.49. The van der Waals surface area contributed by atoms with E-state index in [1.807, 2.05) is 6.92 Å². The molecule has 3 N–H and O–H groups in total. The van der Waals surface area contributed by atoms with Crippen LogP contribution in [0, 0.1) is 10.1 Å². The molecule has 0 spiro atoms. The second-order valence-electron chi connectivity index (χ2n) is 6.93. The number of benzene rings is 1. The number of aromatic nitrogens is 4. The minimum atomic E-state index is -4.14. The van der Waals surface area contributed by atoms with Crippen molar-refractivity contribution in [1.82, 2.24) is 19.1 Å². The summed E-state index contributed by atoms with van der Waals surface area (Å²) in [6.07, 6.45) is 1.53. The van der Waals surface area contributed by atoms with E-state index in [1.165, 1.54) is 4.57 Å². The molecule has 3 rings (SSSR count). The van der Waals surface area contributed by atoms with Crippen molar-refractivity contribution in [3.8, 4) is 5.75 Å². The number of aryl methyl sites for hydroxylation is 2. The Labute approximate surface area is 181 Å². The molecule has 0 amide bonds. The first-order chi connectivity index (χ1) is 15.1. The number of unbranched alkanes of at least 4 members (excludes halogenated alkanes) is 1. The van der Waals surface area contributed by atoms with Crippen LogP contribution in [-0.4, -0.2) is 32.4 Å². The molecule has 2 heterocycles. The molecule has 0 atom stereocenters. The van der Waals surface area contributed by atoms with Crippen LogP contribution in [0.25, 0.3) is 11.2 Å². The number of hydrogen-bond acceptors (Lipinski definition) is 8. The molecule has 0 unspecified atom stereocenters. The van der Waals surface area contributed by atoms with Gasteiger partial charge in [0, 0.05) is 19.2 Å². The van der Waals surface area contributed by atoms with Crippen molar-refractivity contribution in [2.45, 2.75) is 51.3 Å². The third-order valence-electron chi connectivity index (χ3n) is 4.83. The lowest BCUT2D eigenvalue weighted by Gasteiger charge is -2.09. The standard InChI is InChI=1S/C18H22N6O7S/c1-3-5-8-23-16-15(17(25)21-18(23)26)22(4-2)14(20-16)10-31-13-7-6-11(32(19,29)30)9-12(13)24(27)28/h6-7,9H,3-5,8,10H2,1-2H3,(H2,19,29,30)(H,21,25,26). The minimum absolute atomic E-state index is 0.195. The van der Waals surface area contributed by atoms with E-state index in [-0.39, 0.29) is 29.3 Å². The van der Waals surface area contributed by atoms with Gasteiger partial charge in [-0.2, -0.15) is 0 Å². The summed E-state index contributed by atoms with van der Waals surface area (Å²) in [7, 11) is -4.14. The number of nitrogens with zero attached hydrogens (tertiary/aromatic N) is 4. The number of fused-ring (bicyclic) bond motifs is 1. The Bertz CT molecular complexity index is 1400. The van der Waals surface area contributed by atoms with Crippen molar-refractivity contribution in [1.29, 1.82) is 0 Å². The van der Waals surface area contributed by atoms with Crippen LogP contribution in [0.5, 0.6) is 5.75 Å². The molecule has 172 valence electrons. The summed E-state index contributed by atoms with van der Waals surface area (Å²) in [5.74, 6) is 0.0723. The smallest absolute Gasteiger partial charge is 0.330 e. The molecule has 3 aromatic rings. The number of rotatable bonds is 9. The maximum atomic E-state index is 12.4. The zero-order valence-electron chi connectivity index (χ0n) is 17.4. The van der Waals surface area contributed by atoms with E-state index < -0.39 is 36.8 Å². The Morgan fingerprint density at radius 3 is 2.56 bits per heavy atom. The highest BCUT2D eigenvalue weighted by Gasteiger charge is 2.22. The molecular formula is C18H22N6O7S. The molecule has 0 aliphatic heterocycles. The topological polar surface area (TPSA) is 185 Å². The van der Waals surface area contributed by atoms with Gasteiger partial charge in [0.15, 0.2) is 16.9 Å². The Hall–Kier alpha value is -3.52. The van der Waals surface area contributed by atoms with E-state index in [2.05, 4.69) is 9.97 Å². The van der Waals surface area contributed by atoms with Crippen LogP contribution in [0.2, 0.25) is 0 Å². The molecule has 1 aromatic carbocycles. The summed E-state index contributed by atoms with van der Waals surface area (Å²) in [6, 6.07) is 3.02. The highest BCUT2D eigenvalue weighted by atomic mass is 32.2. The molecule has 0 radical (unpaired) electrons. The lowest BCUT2D eigenvalue weighted by Crippen LogP contribution is -2.31. The first-order valence-corrected chi connectivity index (χ1v) is 11.3. The molecule has 0 saturated heterocycles. The van der Waals surface area contributed by atoms with Gasteiger partial charge in [0.05, 0.1) is 9.82 Å². The molecule has 0 aliphatic rings. The van der Waals surface area contributed by atoms with Crippen molar-refractivity contribution < 1.29 is 18.1 Å². The third-order valence-corrected chi connectivity index (χ3v) is 5.74. The minimum Gasteiger partial charge on any atom is -0.479 e. The van der Waals surface area contributed by atoms with Crippen molar-refractivity contribution >= 4 is 26.9 Å². The Balaban J connectivity index is 2.05. The number of primary sulfonamides is 1. The van der Waals surface area contributed by atoms with Crippen LogP contribution in [0.15, 0.2) is 32.7 Å². The first-order valence-electron chi connectivity index (χ1n) is 9.74. The molecule has 0 saturated carbocycles. The molecule has 0 fully saturated rings. The van der Waals surface area contributed by atoms with E-state index in [9.17, 15) is 28.1 Å².